The molecule has 2 N–H and O–H groups in total. The topological polar surface area (TPSA) is 83.0 Å². The van der Waals surface area contributed by atoms with Crippen molar-refractivity contribution in [2.75, 3.05) is 0 Å². The fourth-order valence-corrected chi connectivity index (χ4v) is 1.30. The molecular weight excluding hydrogens is 184 g/mol. The fraction of sp³-hybridized carbons (Fsp3) is 0.444. The highest BCUT2D eigenvalue weighted by Gasteiger charge is 2.18. The van der Waals surface area contributed by atoms with Gasteiger partial charge in [-0.3, -0.25) is 0 Å². The highest BCUT2D eigenvalue weighted by atomic mass is 16.4. The molecule has 0 saturated heterocycles. The SMILES string of the molecule is Cc1[nH]c(=O)nc(C(C)C)c1C(=O)O. The van der Waals surface area contributed by atoms with Crippen molar-refractivity contribution in [3.8, 4) is 0 Å². The summed E-state index contributed by atoms with van der Waals surface area (Å²) >= 11 is 0. The van der Waals surface area contributed by atoms with E-state index in [0.717, 1.165) is 0 Å². The molecular formula is C9H12N2O3. The summed E-state index contributed by atoms with van der Waals surface area (Å²) in [6, 6.07) is 0. The van der Waals surface area contributed by atoms with Gasteiger partial charge in [0.2, 0.25) is 0 Å². The number of aryl methyl sites for hydroxylation is 1. The van der Waals surface area contributed by atoms with Crippen LogP contribution in [-0.2, 0) is 0 Å². The number of hydrogen-bond acceptors (Lipinski definition) is 3. The monoisotopic (exact) mass is 196 g/mol. The van der Waals surface area contributed by atoms with E-state index >= 15 is 0 Å². The number of nitrogens with one attached hydrogen (secondary N) is 1. The molecule has 0 aromatic carbocycles. The van der Waals surface area contributed by atoms with Gasteiger partial charge in [0, 0.05) is 5.69 Å². The van der Waals surface area contributed by atoms with E-state index in [1.807, 2.05) is 0 Å². The summed E-state index contributed by atoms with van der Waals surface area (Å²) in [7, 11) is 0. The van der Waals surface area contributed by atoms with E-state index in [0.29, 0.717) is 11.4 Å². The average molecular weight is 196 g/mol. The molecule has 1 heterocycles. The van der Waals surface area contributed by atoms with Gasteiger partial charge >= 0.3 is 11.7 Å². The largest absolute Gasteiger partial charge is 0.478 e. The third-order valence-electron chi connectivity index (χ3n) is 1.91. The molecule has 0 unspecified atom stereocenters. The number of carboxylic acids is 1. The van der Waals surface area contributed by atoms with Crippen LogP contribution in [0.5, 0.6) is 0 Å². The Morgan fingerprint density at radius 1 is 1.50 bits per heavy atom. The van der Waals surface area contributed by atoms with Gasteiger partial charge in [-0.25, -0.2) is 9.59 Å². The Kier molecular flexibility index (Phi) is 2.69. The summed E-state index contributed by atoms with van der Waals surface area (Å²) in [5.41, 5.74) is 0.274. The maximum Gasteiger partial charge on any atom is 0.345 e. The van der Waals surface area contributed by atoms with Crippen molar-refractivity contribution >= 4 is 5.97 Å². The molecule has 1 rings (SSSR count). The number of aromatic carboxylic acids is 1. The highest BCUT2D eigenvalue weighted by molar-refractivity contribution is 5.90. The molecule has 1 aromatic rings. The summed E-state index contributed by atoms with van der Waals surface area (Å²) in [6.45, 7) is 5.15. The zero-order valence-corrected chi connectivity index (χ0v) is 8.29. The standard InChI is InChI=1S/C9H12N2O3/c1-4(2)7-6(8(12)13)5(3)10-9(14)11-7/h4H,1-3H3,(H,12,13)(H,10,11,14). The number of carbonyl (C=O) groups is 1. The second-order valence-corrected chi connectivity index (χ2v) is 3.39. The van der Waals surface area contributed by atoms with E-state index in [1.165, 1.54) is 0 Å². The first-order valence-corrected chi connectivity index (χ1v) is 4.27. The van der Waals surface area contributed by atoms with Crippen molar-refractivity contribution in [2.45, 2.75) is 26.7 Å². The average Bonchev–Trinajstić information content (AvgIpc) is 2.01. The lowest BCUT2D eigenvalue weighted by Crippen LogP contribution is -2.21. The number of H-pyrrole nitrogens is 1. The molecule has 1 aromatic heterocycles. The minimum absolute atomic E-state index is 0.0814. The molecule has 0 spiro atoms. The Morgan fingerprint density at radius 2 is 2.07 bits per heavy atom. The molecule has 0 radical (unpaired) electrons. The van der Waals surface area contributed by atoms with Gasteiger partial charge in [0.05, 0.1) is 5.69 Å². The number of nitrogens with zero attached hydrogens (tertiary/aromatic N) is 1. The predicted molar refractivity (Wildman–Crippen MR) is 50.6 cm³/mol. The Bertz CT molecular complexity index is 421. The van der Waals surface area contributed by atoms with Crippen LogP contribution in [0, 0.1) is 6.92 Å². The van der Waals surface area contributed by atoms with Gasteiger partial charge < -0.3 is 10.1 Å². The molecule has 14 heavy (non-hydrogen) atoms. The molecule has 5 heteroatoms. The van der Waals surface area contributed by atoms with Crippen molar-refractivity contribution in [1.82, 2.24) is 9.97 Å². The van der Waals surface area contributed by atoms with Gasteiger partial charge in [-0.1, -0.05) is 13.8 Å². The van der Waals surface area contributed by atoms with Crippen molar-refractivity contribution in [3.63, 3.8) is 0 Å². The van der Waals surface area contributed by atoms with Crippen LogP contribution in [0.15, 0.2) is 4.79 Å². The lowest BCUT2D eigenvalue weighted by atomic mass is 10.0. The third kappa shape index (κ3) is 1.81. The Balaban J connectivity index is 3.52. The summed E-state index contributed by atoms with van der Waals surface area (Å²) < 4.78 is 0. The van der Waals surface area contributed by atoms with Crippen LogP contribution in [-0.4, -0.2) is 21.0 Å². The second-order valence-electron chi connectivity index (χ2n) is 3.39. The first-order chi connectivity index (χ1) is 6.43. The Labute approximate surface area is 80.8 Å². The van der Waals surface area contributed by atoms with E-state index in [-0.39, 0.29) is 11.5 Å². The number of aromatic nitrogens is 2. The highest BCUT2D eigenvalue weighted by Crippen LogP contribution is 2.16. The lowest BCUT2D eigenvalue weighted by Gasteiger charge is -2.09. The summed E-state index contributed by atoms with van der Waals surface area (Å²) in [4.78, 5) is 28.0. The van der Waals surface area contributed by atoms with Crippen molar-refractivity contribution in [2.24, 2.45) is 0 Å². The molecule has 0 fully saturated rings. The molecule has 0 atom stereocenters. The number of carboxylic acid groups (broad SMARTS) is 1. The van der Waals surface area contributed by atoms with Gasteiger partial charge in [0.1, 0.15) is 5.56 Å². The molecule has 0 aliphatic heterocycles. The molecule has 5 nitrogen and oxygen atoms in total. The van der Waals surface area contributed by atoms with Crippen LogP contribution in [0.1, 0.15) is 41.5 Å². The van der Waals surface area contributed by atoms with Crippen LogP contribution in [0.3, 0.4) is 0 Å². The van der Waals surface area contributed by atoms with E-state index in [1.54, 1.807) is 20.8 Å². The molecule has 0 aliphatic carbocycles. The minimum Gasteiger partial charge on any atom is -0.478 e. The first kappa shape index (κ1) is 10.4. The molecule has 0 saturated carbocycles. The lowest BCUT2D eigenvalue weighted by molar-refractivity contribution is 0.0693. The number of rotatable bonds is 2. The van der Waals surface area contributed by atoms with Crippen LogP contribution in [0.2, 0.25) is 0 Å². The van der Waals surface area contributed by atoms with Gasteiger partial charge in [0.25, 0.3) is 0 Å². The number of hydrogen-bond donors (Lipinski definition) is 2. The maximum absolute atomic E-state index is 11.0. The molecule has 0 bridgehead atoms. The van der Waals surface area contributed by atoms with Crippen LogP contribution in [0.4, 0.5) is 0 Å². The van der Waals surface area contributed by atoms with Gasteiger partial charge in [0.15, 0.2) is 0 Å². The quantitative estimate of drug-likeness (QED) is 0.736. The van der Waals surface area contributed by atoms with Crippen molar-refractivity contribution < 1.29 is 9.90 Å². The first-order valence-electron chi connectivity index (χ1n) is 4.27. The predicted octanol–water partition coefficient (Wildman–Crippen LogP) is 0.900. The second kappa shape index (κ2) is 3.61. The van der Waals surface area contributed by atoms with Gasteiger partial charge in [-0.2, -0.15) is 4.98 Å². The Morgan fingerprint density at radius 3 is 2.50 bits per heavy atom. The smallest absolute Gasteiger partial charge is 0.345 e. The molecule has 0 aliphatic rings. The van der Waals surface area contributed by atoms with Crippen molar-refractivity contribution in [3.05, 3.63) is 27.4 Å². The normalized spacial score (nSPS) is 10.6. The van der Waals surface area contributed by atoms with Crippen LogP contribution < -0.4 is 5.69 Å². The summed E-state index contributed by atoms with van der Waals surface area (Å²) in [6.07, 6.45) is 0. The zero-order chi connectivity index (χ0) is 10.9. The number of aromatic amines is 1. The summed E-state index contributed by atoms with van der Waals surface area (Å²) in [5, 5.41) is 8.92. The van der Waals surface area contributed by atoms with E-state index in [9.17, 15) is 9.59 Å². The fourth-order valence-electron chi connectivity index (χ4n) is 1.30. The summed E-state index contributed by atoms with van der Waals surface area (Å²) in [5.74, 6) is -1.14. The molecule has 76 valence electrons. The van der Waals surface area contributed by atoms with Gasteiger partial charge in [-0.15, -0.1) is 0 Å². The Hall–Kier alpha value is -1.65. The minimum atomic E-state index is -1.06. The van der Waals surface area contributed by atoms with Crippen LogP contribution >= 0.6 is 0 Å². The third-order valence-corrected chi connectivity index (χ3v) is 1.91. The zero-order valence-electron chi connectivity index (χ0n) is 8.29. The van der Waals surface area contributed by atoms with Crippen LogP contribution in [0.25, 0.3) is 0 Å². The molecule has 0 amide bonds. The maximum atomic E-state index is 11.0. The van der Waals surface area contributed by atoms with E-state index < -0.39 is 11.7 Å². The van der Waals surface area contributed by atoms with E-state index in [2.05, 4.69) is 9.97 Å². The van der Waals surface area contributed by atoms with Gasteiger partial charge in [-0.05, 0) is 12.8 Å². The van der Waals surface area contributed by atoms with E-state index in [4.69, 9.17) is 5.11 Å². The van der Waals surface area contributed by atoms with Crippen molar-refractivity contribution in [1.29, 1.82) is 0 Å².